The van der Waals surface area contributed by atoms with E-state index in [1.54, 1.807) is 0 Å². The summed E-state index contributed by atoms with van der Waals surface area (Å²) in [5, 5.41) is 0. The highest BCUT2D eigenvalue weighted by Crippen LogP contribution is 2.14. The molecule has 30 heavy (non-hydrogen) atoms. The summed E-state index contributed by atoms with van der Waals surface area (Å²) in [4.78, 5) is 11.8. The Kier molecular flexibility index (Phi) is 26.0. The van der Waals surface area contributed by atoms with Gasteiger partial charge < -0.3 is 4.74 Å². The summed E-state index contributed by atoms with van der Waals surface area (Å²) in [7, 11) is 0. The summed E-state index contributed by atoms with van der Waals surface area (Å²) in [5.41, 5.74) is 0. The van der Waals surface area contributed by atoms with Gasteiger partial charge in [-0.2, -0.15) is 0 Å². The number of ether oxygens (including phenoxy) is 1. The highest BCUT2D eigenvalue weighted by Gasteiger charge is 2.02. The predicted octanol–water partition coefficient (Wildman–Crippen LogP) is 9.93. The molecule has 180 valence electrons. The second kappa shape index (κ2) is 26.5. The molecular weight excluding hydrogens is 368 g/mol. The van der Waals surface area contributed by atoms with E-state index in [2.05, 4.69) is 13.8 Å². The van der Waals surface area contributed by atoms with Crippen LogP contribution in [0.1, 0.15) is 168 Å². The van der Waals surface area contributed by atoms with Gasteiger partial charge in [0.25, 0.3) is 0 Å². The van der Waals surface area contributed by atoms with E-state index in [4.69, 9.17) is 4.74 Å². The minimum Gasteiger partial charge on any atom is -0.466 e. The van der Waals surface area contributed by atoms with Crippen LogP contribution in [0.25, 0.3) is 0 Å². The molecule has 0 aromatic rings. The lowest BCUT2D eigenvalue weighted by Crippen LogP contribution is -2.05. The van der Waals surface area contributed by atoms with Crippen LogP contribution in [0.3, 0.4) is 0 Å². The minimum absolute atomic E-state index is 0.0218. The molecule has 0 saturated carbocycles. The molecule has 2 nitrogen and oxygen atoms in total. The van der Waals surface area contributed by atoms with Gasteiger partial charge in [0.1, 0.15) is 0 Å². The van der Waals surface area contributed by atoms with Gasteiger partial charge in [0.15, 0.2) is 0 Å². The molecule has 0 radical (unpaired) electrons. The van der Waals surface area contributed by atoms with Crippen molar-refractivity contribution in [3.63, 3.8) is 0 Å². The lowest BCUT2D eigenvalue weighted by molar-refractivity contribution is -0.143. The third-order valence-electron chi connectivity index (χ3n) is 6.25. The van der Waals surface area contributed by atoms with Crippen LogP contribution in [0, 0.1) is 0 Å². The number of unbranched alkanes of at least 4 members (excludes halogenated alkanes) is 21. The standard InChI is InChI=1S/C28H56O2/c1-3-5-7-9-11-13-14-15-16-17-18-20-22-24-26-28(29)30-27-25-23-21-19-12-10-8-6-4-2/h3-27H2,1-2H3. The number of carbonyl (C=O) groups is 1. The number of carbonyl (C=O) groups excluding carboxylic acids is 1. The van der Waals surface area contributed by atoms with E-state index < -0.39 is 0 Å². The molecule has 0 aliphatic rings. The first-order valence-corrected chi connectivity index (χ1v) is 14.0. The van der Waals surface area contributed by atoms with Crippen LogP contribution in [-0.2, 0) is 9.53 Å². The van der Waals surface area contributed by atoms with Gasteiger partial charge in [0, 0.05) is 6.42 Å². The van der Waals surface area contributed by atoms with Crippen molar-refractivity contribution in [1.29, 1.82) is 0 Å². The van der Waals surface area contributed by atoms with Crippen molar-refractivity contribution in [3.05, 3.63) is 0 Å². The van der Waals surface area contributed by atoms with Crippen molar-refractivity contribution in [3.8, 4) is 0 Å². The Morgan fingerprint density at radius 2 is 0.733 bits per heavy atom. The molecule has 0 atom stereocenters. The molecule has 0 aliphatic carbocycles. The molecule has 0 heterocycles. The van der Waals surface area contributed by atoms with E-state index in [1.165, 1.54) is 135 Å². The van der Waals surface area contributed by atoms with Gasteiger partial charge in [-0.15, -0.1) is 0 Å². The molecule has 0 N–H and O–H groups in total. The van der Waals surface area contributed by atoms with Gasteiger partial charge >= 0.3 is 5.97 Å². The second-order valence-corrected chi connectivity index (χ2v) is 9.40. The normalized spacial score (nSPS) is 11.1. The average Bonchev–Trinajstić information content (AvgIpc) is 2.75. The molecule has 0 rings (SSSR count). The molecule has 0 aliphatic heterocycles. The summed E-state index contributed by atoms with van der Waals surface area (Å²) >= 11 is 0. The Morgan fingerprint density at radius 1 is 0.433 bits per heavy atom. The number of hydrogen-bond acceptors (Lipinski definition) is 2. The first-order chi connectivity index (χ1) is 14.8. The third-order valence-corrected chi connectivity index (χ3v) is 6.25. The smallest absolute Gasteiger partial charge is 0.305 e. The van der Waals surface area contributed by atoms with E-state index in [0.717, 1.165) is 12.8 Å². The molecule has 0 aromatic carbocycles. The van der Waals surface area contributed by atoms with Gasteiger partial charge in [-0.1, -0.05) is 149 Å². The Bertz CT molecular complexity index is 327. The molecule has 0 saturated heterocycles. The van der Waals surface area contributed by atoms with Crippen LogP contribution >= 0.6 is 0 Å². The highest BCUT2D eigenvalue weighted by atomic mass is 16.5. The zero-order chi connectivity index (χ0) is 22.0. The fourth-order valence-electron chi connectivity index (χ4n) is 4.13. The van der Waals surface area contributed by atoms with E-state index in [9.17, 15) is 4.79 Å². The van der Waals surface area contributed by atoms with Gasteiger partial charge in [0.05, 0.1) is 6.61 Å². The monoisotopic (exact) mass is 424 g/mol. The van der Waals surface area contributed by atoms with Gasteiger partial charge in [-0.05, 0) is 12.8 Å². The molecular formula is C28H56O2. The lowest BCUT2D eigenvalue weighted by Gasteiger charge is -2.05. The second-order valence-electron chi connectivity index (χ2n) is 9.40. The SMILES string of the molecule is CCCCCCCCCCCCCCCCC(=O)OCCCCCCCCCCC. The average molecular weight is 425 g/mol. The first-order valence-electron chi connectivity index (χ1n) is 14.0. The summed E-state index contributed by atoms with van der Waals surface area (Å²) in [6, 6.07) is 0. The zero-order valence-corrected chi connectivity index (χ0v) is 21.0. The van der Waals surface area contributed by atoms with Crippen LogP contribution in [0.15, 0.2) is 0 Å². The Balaban J connectivity index is 3.13. The van der Waals surface area contributed by atoms with Crippen molar-refractivity contribution < 1.29 is 9.53 Å². The van der Waals surface area contributed by atoms with Crippen LogP contribution < -0.4 is 0 Å². The van der Waals surface area contributed by atoms with Crippen molar-refractivity contribution in [2.75, 3.05) is 6.61 Å². The molecule has 0 spiro atoms. The minimum atomic E-state index is 0.0218. The fourth-order valence-corrected chi connectivity index (χ4v) is 4.13. The molecule has 2 heteroatoms. The van der Waals surface area contributed by atoms with Gasteiger partial charge in [-0.25, -0.2) is 0 Å². The zero-order valence-electron chi connectivity index (χ0n) is 21.0. The van der Waals surface area contributed by atoms with E-state index >= 15 is 0 Å². The topological polar surface area (TPSA) is 26.3 Å². The summed E-state index contributed by atoms with van der Waals surface area (Å²) in [5.74, 6) is 0.0218. The van der Waals surface area contributed by atoms with Gasteiger partial charge in [0.2, 0.25) is 0 Å². The van der Waals surface area contributed by atoms with Crippen LogP contribution in [0.5, 0.6) is 0 Å². The van der Waals surface area contributed by atoms with E-state index in [1.807, 2.05) is 0 Å². The fraction of sp³-hybridized carbons (Fsp3) is 0.964. The van der Waals surface area contributed by atoms with Crippen molar-refractivity contribution in [2.45, 2.75) is 168 Å². The lowest BCUT2D eigenvalue weighted by atomic mass is 10.0. The van der Waals surface area contributed by atoms with Crippen molar-refractivity contribution in [1.82, 2.24) is 0 Å². The van der Waals surface area contributed by atoms with Crippen LogP contribution in [-0.4, -0.2) is 12.6 Å². The molecule has 0 aromatic heterocycles. The van der Waals surface area contributed by atoms with Gasteiger partial charge in [-0.3, -0.25) is 4.79 Å². The first kappa shape index (κ1) is 29.5. The largest absolute Gasteiger partial charge is 0.466 e. The number of esters is 1. The Hall–Kier alpha value is -0.530. The van der Waals surface area contributed by atoms with Crippen molar-refractivity contribution in [2.24, 2.45) is 0 Å². The molecule has 0 bridgehead atoms. The summed E-state index contributed by atoms with van der Waals surface area (Å²) < 4.78 is 5.38. The maximum atomic E-state index is 11.8. The maximum absolute atomic E-state index is 11.8. The predicted molar refractivity (Wildman–Crippen MR) is 133 cm³/mol. The van der Waals surface area contributed by atoms with E-state index in [-0.39, 0.29) is 5.97 Å². The number of rotatable bonds is 25. The van der Waals surface area contributed by atoms with E-state index in [0.29, 0.717) is 13.0 Å². The van der Waals surface area contributed by atoms with Crippen LogP contribution in [0.4, 0.5) is 0 Å². The third kappa shape index (κ3) is 25.5. The Morgan fingerprint density at radius 3 is 1.10 bits per heavy atom. The highest BCUT2D eigenvalue weighted by molar-refractivity contribution is 5.69. The number of hydrogen-bond donors (Lipinski definition) is 0. The summed E-state index contributed by atoms with van der Waals surface area (Å²) in [6.45, 7) is 5.18. The molecule has 0 fully saturated rings. The molecule has 0 amide bonds. The maximum Gasteiger partial charge on any atom is 0.305 e. The van der Waals surface area contributed by atoms with Crippen molar-refractivity contribution >= 4 is 5.97 Å². The quantitative estimate of drug-likeness (QED) is 0.108. The van der Waals surface area contributed by atoms with Crippen LogP contribution in [0.2, 0.25) is 0 Å². The molecule has 0 unspecified atom stereocenters. The summed E-state index contributed by atoms with van der Waals surface area (Å²) in [6.07, 6.45) is 31.3. The Labute approximate surface area is 190 Å².